The van der Waals surface area contributed by atoms with E-state index in [4.69, 9.17) is 4.74 Å². The molecular weight excluding hydrogens is 210 g/mol. The van der Waals surface area contributed by atoms with E-state index < -0.39 is 10.9 Å². The monoisotopic (exact) mass is 221 g/mol. The van der Waals surface area contributed by atoms with E-state index >= 15 is 0 Å². The molecule has 0 N–H and O–H groups in total. The summed E-state index contributed by atoms with van der Waals surface area (Å²) in [7, 11) is 0. The van der Waals surface area contributed by atoms with Crippen LogP contribution in [0.5, 0.6) is 0 Å². The largest absolute Gasteiger partial charge is 0.458 e. The van der Waals surface area contributed by atoms with Gasteiger partial charge in [0.25, 0.3) is 5.69 Å². The Kier molecular flexibility index (Phi) is 3.77. The quantitative estimate of drug-likeness (QED) is 0.338. The summed E-state index contributed by atoms with van der Waals surface area (Å²) in [5.41, 5.74) is 0.957. The van der Waals surface area contributed by atoms with Gasteiger partial charge in [0.05, 0.1) is 10.5 Å². The molecule has 0 aromatic heterocycles. The zero-order valence-electron chi connectivity index (χ0n) is 8.80. The molecule has 0 aliphatic carbocycles. The second kappa shape index (κ2) is 5.06. The highest BCUT2D eigenvalue weighted by molar-refractivity contribution is 5.89. The van der Waals surface area contributed by atoms with Gasteiger partial charge in [-0.25, -0.2) is 4.79 Å². The molecule has 0 spiro atoms. The van der Waals surface area contributed by atoms with Crippen molar-refractivity contribution in [2.75, 3.05) is 6.61 Å². The van der Waals surface area contributed by atoms with Gasteiger partial charge in [0.15, 0.2) is 0 Å². The van der Waals surface area contributed by atoms with E-state index in [9.17, 15) is 14.9 Å². The number of hydrogen-bond acceptors (Lipinski definition) is 4. The van der Waals surface area contributed by atoms with Crippen LogP contribution < -0.4 is 0 Å². The van der Waals surface area contributed by atoms with Gasteiger partial charge in [-0.05, 0) is 24.6 Å². The molecular formula is C11H11NO4. The van der Waals surface area contributed by atoms with E-state index in [0.29, 0.717) is 0 Å². The van der Waals surface area contributed by atoms with Gasteiger partial charge in [-0.15, -0.1) is 0 Å². The summed E-state index contributed by atoms with van der Waals surface area (Å²) in [6.07, 6.45) is 0. The summed E-state index contributed by atoms with van der Waals surface area (Å²) in [5.74, 6) is -0.516. The van der Waals surface area contributed by atoms with Crippen molar-refractivity contribution in [3.63, 3.8) is 0 Å². The number of nitrogens with zero attached hydrogens (tertiary/aromatic N) is 1. The van der Waals surface area contributed by atoms with Crippen LogP contribution in [0.2, 0.25) is 0 Å². The van der Waals surface area contributed by atoms with Crippen molar-refractivity contribution in [2.24, 2.45) is 0 Å². The molecule has 0 aliphatic heterocycles. The first-order valence-electron chi connectivity index (χ1n) is 4.56. The number of nitro benzene ring substituents is 1. The van der Waals surface area contributed by atoms with Gasteiger partial charge >= 0.3 is 5.97 Å². The summed E-state index contributed by atoms with van der Waals surface area (Å²) in [6.45, 7) is 5.48. The van der Waals surface area contributed by atoms with Crippen LogP contribution in [0.4, 0.5) is 5.69 Å². The predicted molar refractivity (Wildman–Crippen MR) is 58.2 cm³/mol. The van der Waals surface area contributed by atoms with Gasteiger partial charge in [-0.2, -0.15) is 0 Å². The molecule has 0 aliphatic rings. The molecule has 0 radical (unpaired) electrons. The van der Waals surface area contributed by atoms with E-state index in [2.05, 4.69) is 6.58 Å². The number of ether oxygens (including phenoxy) is 1. The third kappa shape index (κ3) is 3.20. The summed E-state index contributed by atoms with van der Waals surface area (Å²) < 4.78 is 4.88. The lowest BCUT2D eigenvalue weighted by atomic mass is 10.2. The minimum atomic E-state index is -0.525. The van der Waals surface area contributed by atoms with E-state index in [-0.39, 0.29) is 17.9 Å². The lowest BCUT2D eigenvalue weighted by Crippen LogP contribution is -2.06. The second-order valence-electron chi connectivity index (χ2n) is 3.34. The van der Waals surface area contributed by atoms with Gasteiger partial charge in [-0.1, -0.05) is 6.58 Å². The molecule has 0 saturated carbocycles. The molecule has 0 bridgehead atoms. The number of hydrogen-bond donors (Lipinski definition) is 0. The van der Waals surface area contributed by atoms with Crippen LogP contribution in [0.15, 0.2) is 36.4 Å². The maximum absolute atomic E-state index is 11.4. The summed E-state index contributed by atoms with van der Waals surface area (Å²) in [6, 6.07) is 5.24. The van der Waals surface area contributed by atoms with Gasteiger partial charge in [0, 0.05) is 12.1 Å². The Morgan fingerprint density at radius 1 is 1.44 bits per heavy atom. The molecule has 0 saturated heterocycles. The average molecular weight is 221 g/mol. The molecule has 1 aromatic rings. The Balaban J connectivity index is 2.70. The maximum atomic E-state index is 11.4. The summed E-state index contributed by atoms with van der Waals surface area (Å²) >= 11 is 0. The minimum absolute atomic E-state index is 0.0588. The van der Waals surface area contributed by atoms with Crippen LogP contribution in [0.3, 0.4) is 0 Å². The van der Waals surface area contributed by atoms with Crippen LogP contribution >= 0.6 is 0 Å². The highest BCUT2D eigenvalue weighted by Gasteiger charge is 2.10. The zero-order valence-corrected chi connectivity index (χ0v) is 8.80. The smallest absolute Gasteiger partial charge is 0.338 e. The number of nitro groups is 1. The van der Waals surface area contributed by atoms with Crippen LogP contribution in [0.25, 0.3) is 0 Å². The van der Waals surface area contributed by atoms with Crippen molar-refractivity contribution in [1.82, 2.24) is 0 Å². The Morgan fingerprint density at radius 2 is 2.00 bits per heavy atom. The zero-order chi connectivity index (χ0) is 12.1. The van der Waals surface area contributed by atoms with E-state index in [1.54, 1.807) is 6.92 Å². The van der Waals surface area contributed by atoms with Crippen LogP contribution in [0, 0.1) is 10.1 Å². The number of rotatable bonds is 4. The second-order valence-corrected chi connectivity index (χ2v) is 3.34. The minimum Gasteiger partial charge on any atom is -0.458 e. The molecule has 84 valence electrons. The fourth-order valence-electron chi connectivity index (χ4n) is 0.991. The van der Waals surface area contributed by atoms with Crippen LogP contribution in [-0.2, 0) is 4.74 Å². The first-order chi connectivity index (χ1) is 7.50. The van der Waals surface area contributed by atoms with E-state index in [0.717, 1.165) is 5.57 Å². The fraction of sp³-hybridized carbons (Fsp3) is 0.182. The standard InChI is InChI=1S/C11H11NO4/c1-8(2)7-16-11(13)9-3-5-10(6-4-9)12(14)15/h3-6H,1,7H2,2H3. The number of benzene rings is 1. The Labute approximate surface area is 92.5 Å². The van der Waals surface area contributed by atoms with E-state index in [1.165, 1.54) is 24.3 Å². The Morgan fingerprint density at radius 3 is 2.44 bits per heavy atom. The predicted octanol–water partition coefficient (Wildman–Crippen LogP) is 2.33. The molecule has 0 heterocycles. The van der Waals surface area contributed by atoms with Gasteiger partial charge in [0.1, 0.15) is 6.61 Å². The first kappa shape index (κ1) is 11.9. The van der Waals surface area contributed by atoms with Crippen molar-refractivity contribution in [1.29, 1.82) is 0 Å². The van der Waals surface area contributed by atoms with Crippen molar-refractivity contribution in [3.8, 4) is 0 Å². The maximum Gasteiger partial charge on any atom is 0.338 e. The van der Waals surface area contributed by atoms with Gasteiger partial charge in [-0.3, -0.25) is 10.1 Å². The molecule has 0 amide bonds. The normalized spacial score (nSPS) is 9.56. The molecule has 5 heteroatoms. The fourth-order valence-corrected chi connectivity index (χ4v) is 0.991. The van der Waals surface area contributed by atoms with E-state index in [1.807, 2.05) is 0 Å². The molecule has 0 fully saturated rings. The molecule has 16 heavy (non-hydrogen) atoms. The van der Waals surface area contributed by atoms with Crippen molar-refractivity contribution in [2.45, 2.75) is 6.92 Å². The van der Waals surface area contributed by atoms with Crippen LogP contribution in [-0.4, -0.2) is 17.5 Å². The first-order valence-corrected chi connectivity index (χ1v) is 4.56. The molecule has 0 unspecified atom stereocenters. The lowest BCUT2D eigenvalue weighted by molar-refractivity contribution is -0.384. The van der Waals surface area contributed by atoms with Gasteiger partial charge in [0.2, 0.25) is 0 Å². The highest BCUT2D eigenvalue weighted by Crippen LogP contribution is 2.12. The lowest BCUT2D eigenvalue weighted by Gasteiger charge is -2.03. The SMILES string of the molecule is C=C(C)COC(=O)c1ccc([N+](=O)[O-])cc1. The van der Waals surface area contributed by atoms with Crippen molar-refractivity contribution < 1.29 is 14.5 Å². The molecule has 0 atom stereocenters. The van der Waals surface area contributed by atoms with Crippen molar-refractivity contribution in [3.05, 3.63) is 52.1 Å². The third-order valence-corrected chi connectivity index (χ3v) is 1.76. The number of esters is 1. The summed E-state index contributed by atoms with van der Waals surface area (Å²) in [4.78, 5) is 21.2. The number of carbonyl (C=O) groups excluding carboxylic acids is 1. The molecule has 1 aromatic carbocycles. The summed E-state index contributed by atoms with van der Waals surface area (Å²) in [5, 5.41) is 10.4. The number of carbonyl (C=O) groups is 1. The van der Waals surface area contributed by atoms with Crippen molar-refractivity contribution >= 4 is 11.7 Å². The third-order valence-electron chi connectivity index (χ3n) is 1.76. The molecule has 5 nitrogen and oxygen atoms in total. The Hall–Kier alpha value is -2.17. The van der Waals surface area contributed by atoms with Crippen LogP contribution in [0.1, 0.15) is 17.3 Å². The Bertz CT molecular complexity index is 422. The number of non-ortho nitro benzene ring substituents is 1. The topological polar surface area (TPSA) is 69.4 Å². The van der Waals surface area contributed by atoms with Gasteiger partial charge < -0.3 is 4.74 Å². The highest BCUT2D eigenvalue weighted by atomic mass is 16.6. The molecule has 1 rings (SSSR count). The average Bonchev–Trinajstić information content (AvgIpc) is 2.26.